The van der Waals surface area contributed by atoms with Crippen molar-refractivity contribution in [3.05, 3.63) is 95.6 Å². The van der Waals surface area contributed by atoms with Gasteiger partial charge >= 0.3 is 12.0 Å². The third kappa shape index (κ3) is 8.31. The standard InChI is InChI=1S/C30H34N4O5/c1-2-39-29(37)23-10-12-24(13-11-23)32-30(38)33-27(18-21-6-4-3-5-7-21)28(36)31-25-16-17-34(20-25)19-22-8-14-26(35)15-9-22/h3-15,25,27,35H,2,16-20H2,1H3,(H,31,36)(H2,32,33,38)/t25?,27-/m0/s1. The van der Waals surface area contributed by atoms with E-state index in [0.29, 0.717) is 24.2 Å². The van der Waals surface area contributed by atoms with Gasteiger partial charge in [-0.25, -0.2) is 9.59 Å². The quantitative estimate of drug-likeness (QED) is 0.297. The molecule has 3 aromatic carbocycles. The Balaban J connectivity index is 1.35. The molecule has 0 radical (unpaired) electrons. The van der Waals surface area contributed by atoms with Crippen LogP contribution in [-0.4, -0.2) is 59.7 Å². The number of amides is 3. The van der Waals surface area contributed by atoms with Crippen LogP contribution in [0.3, 0.4) is 0 Å². The SMILES string of the molecule is CCOC(=O)c1ccc(NC(=O)N[C@@H](Cc2ccccc2)C(=O)NC2CCN(Cc3ccc(O)cc3)C2)cc1. The molecule has 0 aliphatic carbocycles. The molecule has 2 atom stereocenters. The van der Waals surface area contributed by atoms with E-state index in [4.69, 9.17) is 4.74 Å². The Bertz CT molecular complexity index is 1250. The molecular formula is C30H34N4O5. The Labute approximate surface area is 228 Å². The highest BCUT2D eigenvalue weighted by Gasteiger charge is 2.28. The summed E-state index contributed by atoms with van der Waals surface area (Å²) in [5.41, 5.74) is 2.90. The highest BCUT2D eigenvalue weighted by atomic mass is 16.5. The number of rotatable bonds is 10. The zero-order valence-electron chi connectivity index (χ0n) is 21.9. The molecular weight excluding hydrogens is 496 g/mol. The van der Waals surface area contributed by atoms with E-state index in [1.165, 1.54) is 0 Å². The zero-order valence-corrected chi connectivity index (χ0v) is 21.9. The van der Waals surface area contributed by atoms with Crippen LogP contribution in [0.1, 0.15) is 34.8 Å². The van der Waals surface area contributed by atoms with Crippen molar-refractivity contribution < 1.29 is 24.2 Å². The van der Waals surface area contributed by atoms with Gasteiger partial charge in [0.05, 0.1) is 12.2 Å². The van der Waals surface area contributed by atoms with Crippen LogP contribution in [-0.2, 0) is 22.5 Å². The first-order valence-corrected chi connectivity index (χ1v) is 13.1. The smallest absolute Gasteiger partial charge is 0.338 e. The van der Waals surface area contributed by atoms with Gasteiger partial charge in [0.25, 0.3) is 0 Å². The predicted molar refractivity (Wildman–Crippen MR) is 148 cm³/mol. The maximum atomic E-state index is 13.3. The lowest BCUT2D eigenvalue weighted by molar-refractivity contribution is -0.123. The molecule has 1 aliphatic rings. The summed E-state index contributed by atoms with van der Waals surface area (Å²) in [4.78, 5) is 40.3. The molecule has 1 saturated heterocycles. The second kappa shape index (κ2) is 13.4. The molecule has 3 aromatic rings. The fourth-order valence-corrected chi connectivity index (χ4v) is 4.54. The monoisotopic (exact) mass is 530 g/mol. The number of ether oxygens (including phenoxy) is 1. The van der Waals surface area contributed by atoms with Crippen molar-refractivity contribution in [1.82, 2.24) is 15.5 Å². The minimum atomic E-state index is -0.780. The Morgan fingerprint density at radius 1 is 0.974 bits per heavy atom. The number of anilines is 1. The van der Waals surface area contributed by atoms with Crippen LogP contribution in [0.5, 0.6) is 5.75 Å². The van der Waals surface area contributed by atoms with Crippen molar-refractivity contribution in [2.75, 3.05) is 25.0 Å². The molecule has 0 aromatic heterocycles. The minimum Gasteiger partial charge on any atom is -0.508 e. The minimum absolute atomic E-state index is 0.0341. The summed E-state index contributed by atoms with van der Waals surface area (Å²) in [7, 11) is 0. The first-order valence-electron chi connectivity index (χ1n) is 13.1. The van der Waals surface area contributed by atoms with Crippen LogP contribution >= 0.6 is 0 Å². The molecule has 4 rings (SSSR count). The van der Waals surface area contributed by atoms with Crippen molar-refractivity contribution in [3.8, 4) is 5.75 Å². The number of aromatic hydroxyl groups is 1. The van der Waals surface area contributed by atoms with Crippen molar-refractivity contribution in [2.45, 2.75) is 38.4 Å². The molecule has 204 valence electrons. The molecule has 0 spiro atoms. The molecule has 3 amide bonds. The van der Waals surface area contributed by atoms with Crippen LogP contribution in [0.4, 0.5) is 10.5 Å². The zero-order chi connectivity index (χ0) is 27.6. The second-order valence-electron chi connectivity index (χ2n) is 9.53. The largest absolute Gasteiger partial charge is 0.508 e. The summed E-state index contributed by atoms with van der Waals surface area (Å²) in [6.07, 6.45) is 1.15. The number of phenolic OH excluding ortho intramolecular Hbond substituents is 1. The highest BCUT2D eigenvalue weighted by molar-refractivity contribution is 5.95. The lowest BCUT2D eigenvalue weighted by atomic mass is 10.0. The molecule has 1 fully saturated rings. The van der Waals surface area contributed by atoms with Gasteiger partial charge in [-0.1, -0.05) is 42.5 Å². The van der Waals surface area contributed by atoms with Crippen molar-refractivity contribution in [1.29, 1.82) is 0 Å². The number of hydrogen-bond acceptors (Lipinski definition) is 6. The lowest BCUT2D eigenvalue weighted by Crippen LogP contribution is -2.52. The number of benzene rings is 3. The molecule has 1 unspecified atom stereocenters. The average molecular weight is 531 g/mol. The first-order chi connectivity index (χ1) is 18.9. The molecule has 4 N–H and O–H groups in total. The van der Waals surface area contributed by atoms with E-state index >= 15 is 0 Å². The second-order valence-corrected chi connectivity index (χ2v) is 9.53. The number of esters is 1. The number of carbonyl (C=O) groups excluding carboxylic acids is 3. The number of hydrogen-bond donors (Lipinski definition) is 4. The van der Waals surface area contributed by atoms with Gasteiger partial charge in [0.1, 0.15) is 11.8 Å². The van der Waals surface area contributed by atoms with E-state index in [1.807, 2.05) is 42.5 Å². The maximum Gasteiger partial charge on any atom is 0.338 e. The lowest BCUT2D eigenvalue weighted by Gasteiger charge is -2.22. The fraction of sp³-hybridized carbons (Fsp3) is 0.300. The van der Waals surface area contributed by atoms with E-state index in [2.05, 4.69) is 20.9 Å². The van der Waals surface area contributed by atoms with Crippen LogP contribution < -0.4 is 16.0 Å². The number of urea groups is 1. The Morgan fingerprint density at radius 3 is 2.38 bits per heavy atom. The van der Waals surface area contributed by atoms with Crippen molar-refractivity contribution >= 4 is 23.6 Å². The topological polar surface area (TPSA) is 120 Å². The van der Waals surface area contributed by atoms with Crippen LogP contribution in [0.15, 0.2) is 78.9 Å². The van der Waals surface area contributed by atoms with Crippen molar-refractivity contribution in [3.63, 3.8) is 0 Å². The Kier molecular flexibility index (Phi) is 9.53. The third-order valence-electron chi connectivity index (χ3n) is 6.52. The van der Waals surface area contributed by atoms with E-state index < -0.39 is 18.0 Å². The molecule has 39 heavy (non-hydrogen) atoms. The van der Waals surface area contributed by atoms with Gasteiger partial charge in [0.2, 0.25) is 5.91 Å². The summed E-state index contributed by atoms with van der Waals surface area (Å²) < 4.78 is 4.98. The van der Waals surface area contributed by atoms with Gasteiger partial charge in [0.15, 0.2) is 0 Å². The Hall–Kier alpha value is -4.37. The third-order valence-corrected chi connectivity index (χ3v) is 6.52. The number of carbonyl (C=O) groups is 3. The first kappa shape index (κ1) is 27.7. The molecule has 0 saturated carbocycles. The maximum absolute atomic E-state index is 13.3. The van der Waals surface area contributed by atoms with E-state index in [9.17, 15) is 19.5 Å². The van der Waals surface area contributed by atoms with Crippen molar-refractivity contribution in [2.24, 2.45) is 0 Å². The molecule has 0 bridgehead atoms. The van der Waals surface area contributed by atoms with Gasteiger partial charge in [-0.3, -0.25) is 9.69 Å². The normalized spacial score (nSPS) is 15.8. The van der Waals surface area contributed by atoms with Gasteiger partial charge in [-0.05, 0) is 60.9 Å². The van der Waals surface area contributed by atoms with E-state index in [0.717, 1.165) is 30.6 Å². The summed E-state index contributed by atoms with van der Waals surface area (Å²) in [6, 6.07) is 21.7. The number of likely N-dealkylation sites (tertiary alicyclic amines) is 1. The van der Waals surface area contributed by atoms with Crippen LogP contribution in [0.25, 0.3) is 0 Å². The van der Waals surface area contributed by atoms with Gasteiger partial charge in [0, 0.05) is 37.8 Å². The molecule has 9 nitrogen and oxygen atoms in total. The van der Waals surface area contributed by atoms with E-state index in [1.54, 1.807) is 43.3 Å². The number of nitrogens with one attached hydrogen (secondary N) is 3. The molecule has 1 aliphatic heterocycles. The number of nitrogens with zero attached hydrogens (tertiary/aromatic N) is 1. The van der Waals surface area contributed by atoms with Crippen LogP contribution in [0, 0.1) is 0 Å². The van der Waals surface area contributed by atoms with Gasteiger partial charge in [-0.15, -0.1) is 0 Å². The fourth-order valence-electron chi connectivity index (χ4n) is 4.54. The van der Waals surface area contributed by atoms with Gasteiger partial charge < -0.3 is 25.8 Å². The van der Waals surface area contributed by atoms with Crippen LogP contribution in [0.2, 0.25) is 0 Å². The summed E-state index contributed by atoms with van der Waals surface area (Å²) >= 11 is 0. The van der Waals surface area contributed by atoms with Gasteiger partial charge in [-0.2, -0.15) is 0 Å². The predicted octanol–water partition coefficient (Wildman–Crippen LogP) is 3.69. The molecule has 9 heteroatoms. The van der Waals surface area contributed by atoms with E-state index in [-0.39, 0.29) is 24.3 Å². The molecule has 1 heterocycles. The summed E-state index contributed by atoms with van der Waals surface area (Å²) in [6.45, 7) is 4.29. The Morgan fingerprint density at radius 2 is 1.69 bits per heavy atom. The summed E-state index contributed by atoms with van der Waals surface area (Å²) in [5, 5.41) is 18.2. The number of phenols is 1. The highest BCUT2D eigenvalue weighted by Crippen LogP contribution is 2.17. The summed E-state index contributed by atoms with van der Waals surface area (Å²) in [5.74, 6) is -0.440. The average Bonchev–Trinajstić information content (AvgIpc) is 3.37.